The van der Waals surface area contributed by atoms with Crippen molar-refractivity contribution in [3.63, 3.8) is 0 Å². The summed E-state index contributed by atoms with van der Waals surface area (Å²) in [6, 6.07) is 11.6. The first kappa shape index (κ1) is 18.0. The number of piperazine rings is 1. The van der Waals surface area contributed by atoms with Gasteiger partial charge in [-0.1, -0.05) is 6.07 Å². The molecule has 1 aromatic carbocycles. The molecule has 7 heteroatoms. The standard InChI is InChI=1S/C19H26N6O/c1-24-8-10-25(11-9-24)18-12-15(6-7-21-18)14-22-19(20)23-16-4-3-5-17(13-16)26-2/h3-7,12-13H,8-11,14H2,1-2H3,(H3,20,22,23). The minimum atomic E-state index is 0.371. The molecule has 1 aliphatic heterocycles. The molecule has 1 fully saturated rings. The molecule has 0 unspecified atom stereocenters. The maximum Gasteiger partial charge on any atom is 0.193 e. The van der Waals surface area contributed by atoms with E-state index in [-0.39, 0.29) is 0 Å². The van der Waals surface area contributed by atoms with Crippen LogP contribution in [0.15, 0.2) is 47.6 Å². The fourth-order valence-corrected chi connectivity index (χ4v) is 2.83. The number of methoxy groups -OCH3 is 1. The Labute approximate surface area is 154 Å². The number of aromatic nitrogens is 1. The van der Waals surface area contributed by atoms with E-state index < -0.39 is 0 Å². The number of anilines is 2. The van der Waals surface area contributed by atoms with Crippen molar-refractivity contribution >= 4 is 17.5 Å². The number of guanidine groups is 1. The number of benzene rings is 1. The van der Waals surface area contributed by atoms with E-state index >= 15 is 0 Å². The topological polar surface area (TPSA) is 79.0 Å². The molecule has 1 saturated heterocycles. The van der Waals surface area contributed by atoms with Gasteiger partial charge < -0.3 is 25.6 Å². The highest BCUT2D eigenvalue weighted by atomic mass is 16.5. The largest absolute Gasteiger partial charge is 0.497 e. The molecule has 7 nitrogen and oxygen atoms in total. The molecule has 0 amide bonds. The van der Waals surface area contributed by atoms with Crippen LogP contribution in [0.5, 0.6) is 5.75 Å². The molecule has 0 radical (unpaired) electrons. The van der Waals surface area contributed by atoms with E-state index in [1.54, 1.807) is 7.11 Å². The first-order valence-corrected chi connectivity index (χ1v) is 8.73. The van der Waals surface area contributed by atoms with Gasteiger partial charge in [0.1, 0.15) is 11.6 Å². The van der Waals surface area contributed by atoms with Crippen LogP contribution in [0.2, 0.25) is 0 Å². The zero-order valence-corrected chi connectivity index (χ0v) is 15.4. The van der Waals surface area contributed by atoms with E-state index in [4.69, 9.17) is 10.5 Å². The number of nitrogens with one attached hydrogen (secondary N) is 1. The van der Waals surface area contributed by atoms with Gasteiger partial charge in [-0.05, 0) is 36.9 Å². The third-order valence-electron chi connectivity index (χ3n) is 4.41. The maximum atomic E-state index is 6.01. The summed E-state index contributed by atoms with van der Waals surface area (Å²) in [4.78, 5) is 13.6. The molecule has 2 aromatic rings. The SMILES string of the molecule is COc1cccc(NC(N)=NCc2ccnc(N3CCN(C)CC3)c2)c1. The molecule has 3 N–H and O–H groups in total. The summed E-state index contributed by atoms with van der Waals surface area (Å²) in [7, 11) is 3.78. The quantitative estimate of drug-likeness (QED) is 0.629. The summed E-state index contributed by atoms with van der Waals surface area (Å²) in [5.41, 5.74) is 7.94. The number of nitrogens with two attached hydrogens (primary N) is 1. The number of hydrogen-bond donors (Lipinski definition) is 2. The Balaban J connectivity index is 1.61. The molecule has 2 heterocycles. The first-order valence-electron chi connectivity index (χ1n) is 8.73. The van der Waals surface area contributed by atoms with Gasteiger partial charge in [-0.25, -0.2) is 9.98 Å². The summed E-state index contributed by atoms with van der Waals surface area (Å²) in [6.07, 6.45) is 1.84. The third kappa shape index (κ3) is 4.86. The van der Waals surface area contributed by atoms with E-state index in [1.165, 1.54) is 0 Å². The van der Waals surface area contributed by atoms with Gasteiger partial charge in [0.25, 0.3) is 0 Å². The van der Waals surface area contributed by atoms with Gasteiger partial charge in [-0.15, -0.1) is 0 Å². The van der Waals surface area contributed by atoms with E-state index in [2.05, 4.69) is 38.2 Å². The van der Waals surface area contributed by atoms with Gasteiger partial charge in [0.05, 0.1) is 13.7 Å². The van der Waals surface area contributed by atoms with E-state index in [9.17, 15) is 0 Å². The molecule has 1 aliphatic rings. The van der Waals surface area contributed by atoms with Crippen LogP contribution in [0.3, 0.4) is 0 Å². The van der Waals surface area contributed by atoms with Crippen molar-refractivity contribution in [1.29, 1.82) is 0 Å². The minimum absolute atomic E-state index is 0.371. The second-order valence-corrected chi connectivity index (χ2v) is 6.37. The molecule has 26 heavy (non-hydrogen) atoms. The van der Waals surface area contributed by atoms with E-state index in [0.29, 0.717) is 12.5 Å². The minimum Gasteiger partial charge on any atom is -0.497 e. The molecule has 0 bridgehead atoms. The first-order chi connectivity index (χ1) is 12.6. The van der Waals surface area contributed by atoms with Gasteiger partial charge in [0, 0.05) is 44.1 Å². The lowest BCUT2D eigenvalue weighted by atomic mass is 10.2. The third-order valence-corrected chi connectivity index (χ3v) is 4.41. The smallest absolute Gasteiger partial charge is 0.193 e. The molecule has 138 valence electrons. The molecular weight excluding hydrogens is 328 g/mol. The number of hydrogen-bond acceptors (Lipinski definition) is 5. The number of aliphatic imine (C=N–C) groups is 1. The van der Waals surface area contributed by atoms with Crippen LogP contribution in [0.1, 0.15) is 5.56 Å². The second kappa shape index (κ2) is 8.53. The average Bonchev–Trinajstić information content (AvgIpc) is 2.67. The maximum absolute atomic E-state index is 6.01. The fourth-order valence-electron chi connectivity index (χ4n) is 2.83. The number of pyridine rings is 1. The van der Waals surface area contributed by atoms with Crippen molar-refractivity contribution < 1.29 is 4.74 Å². The Bertz CT molecular complexity index is 755. The number of rotatable bonds is 5. The predicted octanol–water partition coefficient (Wildman–Crippen LogP) is 1.77. The Morgan fingerprint density at radius 1 is 1.23 bits per heavy atom. The Morgan fingerprint density at radius 3 is 2.81 bits per heavy atom. The number of nitrogens with zero attached hydrogens (tertiary/aromatic N) is 4. The van der Waals surface area contributed by atoms with Crippen molar-refractivity contribution in [2.45, 2.75) is 6.54 Å². The van der Waals surface area contributed by atoms with Crippen LogP contribution in [-0.2, 0) is 6.54 Å². The van der Waals surface area contributed by atoms with Gasteiger partial charge in [-0.3, -0.25) is 0 Å². The highest BCUT2D eigenvalue weighted by Gasteiger charge is 2.15. The monoisotopic (exact) mass is 354 g/mol. The van der Waals surface area contributed by atoms with Crippen molar-refractivity contribution in [2.24, 2.45) is 10.7 Å². The summed E-state index contributed by atoms with van der Waals surface area (Å²) < 4.78 is 5.21. The van der Waals surface area contributed by atoms with Crippen molar-refractivity contribution in [3.8, 4) is 5.75 Å². The summed E-state index contributed by atoms with van der Waals surface area (Å²) in [5, 5.41) is 3.09. The molecule has 0 aliphatic carbocycles. The lowest BCUT2D eigenvalue weighted by molar-refractivity contribution is 0.312. The molecule has 0 spiro atoms. The number of ether oxygens (including phenoxy) is 1. The van der Waals surface area contributed by atoms with Crippen LogP contribution in [0.4, 0.5) is 11.5 Å². The van der Waals surface area contributed by atoms with Crippen LogP contribution in [0.25, 0.3) is 0 Å². The van der Waals surface area contributed by atoms with Gasteiger partial charge >= 0.3 is 0 Å². The van der Waals surface area contributed by atoms with Crippen LogP contribution in [-0.4, -0.2) is 56.2 Å². The van der Waals surface area contributed by atoms with Gasteiger partial charge in [0.2, 0.25) is 0 Å². The lowest BCUT2D eigenvalue weighted by Crippen LogP contribution is -2.44. The van der Waals surface area contributed by atoms with Gasteiger partial charge in [-0.2, -0.15) is 0 Å². The Morgan fingerprint density at radius 2 is 2.04 bits per heavy atom. The van der Waals surface area contributed by atoms with Crippen molar-refractivity contribution in [1.82, 2.24) is 9.88 Å². The zero-order valence-electron chi connectivity index (χ0n) is 15.4. The van der Waals surface area contributed by atoms with Gasteiger partial charge in [0.15, 0.2) is 5.96 Å². The van der Waals surface area contributed by atoms with Crippen LogP contribution < -0.4 is 20.7 Å². The lowest BCUT2D eigenvalue weighted by Gasteiger charge is -2.33. The average molecular weight is 354 g/mol. The fraction of sp³-hybridized carbons (Fsp3) is 0.368. The second-order valence-electron chi connectivity index (χ2n) is 6.37. The normalized spacial score (nSPS) is 15.8. The van der Waals surface area contributed by atoms with Crippen LogP contribution >= 0.6 is 0 Å². The molecule has 3 rings (SSSR count). The van der Waals surface area contributed by atoms with E-state index in [1.807, 2.05) is 36.5 Å². The Hall–Kier alpha value is -2.80. The molecule has 0 saturated carbocycles. The highest BCUT2D eigenvalue weighted by Crippen LogP contribution is 2.17. The summed E-state index contributed by atoms with van der Waals surface area (Å²) >= 11 is 0. The van der Waals surface area contributed by atoms with E-state index in [0.717, 1.165) is 49.0 Å². The molecule has 1 aromatic heterocycles. The zero-order chi connectivity index (χ0) is 18.4. The van der Waals surface area contributed by atoms with Crippen molar-refractivity contribution in [3.05, 3.63) is 48.2 Å². The summed E-state index contributed by atoms with van der Waals surface area (Å²) in [5.74, 6) is 2.15. The van der Waals surface area contributed by atoms with Crippen molar-refractivity contribution in [2.75, 3.05) is 50.6 Å². The molecule has 0 atom stereocenters. The Kier molecular flexibility index (Phi) is 5.91. The highest BCUT2D eigenvalue weighted by molar-refractivity contribution is 5.92. The number of likely N-dealkylation sites (N-methyl/N-ethyl adjacent to an activating group) is 1. The van der Waals surface area contributed by atoms with Crippen LogP contribution in [0, 0.1) is 0 Å². The summed E-state index contributed by atoms with van der Waals surface area (Å²) in [6.45, 7) is 4.61. The predicted molar refractivity (Wildman–Crippen MR) is 106 cm³/mol. The molecular formula is C19H26N6O.